The normalized spacial score (nSPS) is 17.7. The lowest BCUT2D eigenvalue weighted by atomic mass is 10.1. The van der Waals surface area contributed by atoms with Crippen LogP contribution in [0, 0.1) is 0 Å². The molecular weight excluding hydrogens is 404 g/mol. The van der Waals surface area contributed by atoms with Gasteiger partial charge >= 0.3 is 6.01 Å². The van der Waals surface area contributed by atoms with Gasteiger partial charge in [0.1, 0.15) is 11.9 Å². The SMILES string of the molecule is CC(C)Oc1cccc(C(C)Nc2nc(OC3CCCNC3)nc3c(C(C)C)cnn23)c1. The van der Waals surface area contributed by atoms with E-state index in [0.717, 1.165) is 48.5 Å². The van der Waals surface area contributed by atoms with Gasteiger partial charge in [0.2, 0.25) is 5.95 Å². The van der Waals surface area contributed by atoms with Gasteiger partial charge in [-0.15, -0.1) is 0 Å². The lowest BCUT2D eigenvalue weighted by molar-refractivity contribution is 0.153. The van der Waals surface area contributed by atoms with Gasteiger partial charge in [-0.3, -0.25) is 0 Å². The number of aromatic nitrogens is 4. The fraction of sp³-hybridized carbons (Fsp3) is 0.542. The van der Waals surface area contributed by atoms with Crippen molar-refractivity contribution in [1.29, 1.82) is 0 Å². The van der Waals surface area contributed by atoms with Crippen molar-refractivity contribution in [2.75, 3.05) is 18.4 Å². The summed E-state index contributed by atoms with van der Waals surface area (Å²) >= 11 is 0. The monoisotopic (exact) mass is 438 g/mol. The second kappa shape index (κ2) is 9.73. The third-order valence-corrected chi connectivity index (χ3v) is 5.60. The molecule has 32 heavy (non-hydrogen) atoms. The Hall–Kier alpha value is -2.87. The van der Waals surface area contributed by atoms with Crippen molar-refractivity contribution in [2.45, 2.75) is 71.6 Å². The number of piperidine rings is 1. The van der Waals surface area contributed by atoms with E-state index in [2.05, 4.69) is 48.6 Å². The van der Waals surface area contributed by atoms with Gasteiger partial charge in [-0.25, -0.2) is 0 Å². The number of fused-ring (bicyclic) bond motifs is 1. The summed E-state index contributed by atoms with van der Waals surface area (Å²) in [5, 5.41) is 11.5. The van der Waals surface area contributed by atoms with Crippen LogP contribution in [0.4, 0.5) is 5.95 Å². The van der Waals surface area contributed by atoms with E-state index >= 15 is 0 Å². The van der Waals surface area contributed by atoms with Crippen molar-refractivity contribution in [3.8, 4) is 11.8 Å². The second-order valence-electron chi connectivity index (χ2n) is 9.01. The van der Waals surface area contributed by atoms with Crippen LogP contribution >= 0.6 is 0 Å². The van der Waals surface area contributed by atoms with E-state index in [1.807, 2.05) is 32.2 Å². The van der Waals surface area contributed by atoms with Gasteiger partial charge in [-0.2, -0.15) is 19.6 Å². The maximum Gasteiger partial charge on any atom is 0.322 e. The molecule has 8 nitrogen and oxygen atoms in total. The molecule has 172 valence electrons. The Labute approximate surface area is 189 Å². The zero-order valence-electron chi connectivity index (χ0n) is 19.6. The van der Waals surface area contributed by atoms with Crippen LogP contribution in [-0.4, -0.2) is 44.9 Å². The zero-order chi connectivity index (χ0) is 22.7. The highest BCUT2D eigenvalue weighted by molar-refractivity contribution is 5.53. The van der Waals surface area contributed by atoms with Gasteiger partial charge in [0.15, 0.2) is 5.65 Å². The minimum absolute atomic E-state index is 0.0142. The highest BCUT2D eigenvalue weighted by Crippen LogP contribution is 2.27. The third-order valence-electron chi connectivity index (χ3n) is 5.60. The molecule has 0 aliphatic carbocycles. The maximum absolute atomic E-state index is 6.17. The standard InChI is InChI=1S/C24H34N6O2/c1-15(2)21-14-26-30-22(21)28-24(32-20-10-7-11-25-13-20)29-23(30)27-17(5)18-8-6-9-19(12-18)31-16(3)4/h6,8-9,12,14-17,20,25H,7,10-11,13H2,1-5H3,(H,27,28,29). The number of ether oxygens (including phenoxy) is 2. The Morgan fingerprint density at radius 1 is 1.16 bits per heavy atom. The molecule has 0 spiro atoms. The zero-order valence-corrected chi connectivity index (χ0v) is 19.6. The highest BCUT2D eigenvalue weighted by Gasteiger charge is 2.21. The Morgan fingerprint density at radius 3 is 2.72 bits per heavy atom. The number of anilines is 1. The average Bonchev–Trinajstić information content (AvgIpc) is 3.19. The molecule has 3 aromatic rings. The van der Waals surface area contributed by atoms with E-state index in [4.69, 9.17) is 19.4 Å². The number of nitrogens with zero attached hydrogens (tertiary/aromatic N) is 4. The molecule has 1 aliphatic heterocycles. The highest BCUT2D eigenvalue weighted by atomic mass is 16.5. The van der Waals surface area contributed by atoms with Crippen molar-refractivity contribution < 1.29 is 9.47 Å². The number of benzene rings is 1. The van der Waals surface area contributed by atoms with Crippen LogP contribution < -0.4 is 20.1 Å². The molecule has 1 aromatic carbocycles. The second-order valence-corrected chi connectivity index (χ2v) is 9.01. The summed E-state index contributed by atoms with van der Waals surface area (Å²) in [6.07, 6.45) is 4.16. The Kier molecular flexibility index (Phi) is 6.79. The van der Waals surface area contributed by atoms with E-state index in [-0.39, 0.29) is 18.2 Å². The van der Waals surface area contributed by atoms with Gasteiger partial charge in [-0.05, 0) is 63.8 Å². The van der Waals surface area contributed by atoms with Crippen LogP contribution in [0.3, 0.4) is 0 Å². The molecule has 0 saturated carbocycles. The van der Waals surface area contributed by atoms with E-state index in [1.54, 1.807) is 4.52 Å². The summed E-state index contributed by atoms with van der Waals surface area (Å²) in [7, 11) is 0. The minimum atomic E-state index is -0.0142. The van der Waals surface area contributed by atoms with Gasteiger partial charge in [0, 0.05) is 12.1 Å². The van der Waals surface area contributed by atoms with Crippen LogP contribution in [0.5, 0.6) is 11.8 Å². The predicted molar refractivity (Wildman–Crippen MR) is 126 cm³/mol. The van der Waals surface area contributed by atoms with E-state index in [0.29, 0.717) is 17.9 Å². The molecule has 8 heteroatoms. The molecule has 1 fully saturated rings. The summed E-state index contributed by atoms with van der Waals surface area (Å²) in [5.74, 6) is 1.76. The number of hydrogen-bond donors (Lipinski definition) is 2. The largest absolute Gasteiger partial charge is 0.491 e. The molecule has 2 aromatic heterocycles. The van der Waals surface area contributed by atoms with Gasteiger partial charge in [0.05, 0.1) is 18.3 Å². The molecule has 2 unspecified atom stereocenters. The molecular formula is C24H34N6O2. The van der Waals surface area contributed by atoms with Crippen LogP contribution in [0.1, 0.15) is 70.5 Å². The first-order valence-corrected chi connectivity index (χ1v) is 11.6. The molecule has 0 bridgehead atoms. The average molecular weight is 439 g/mol. The Bertz CT molecular complexity index is 1040. The van der Waals surface area contributed by atoms with Crippen LogP contribution in [0.2, 0.25) is 0 Å². The van der Waals surface area contributed by atoms with Crippen molar-refractivity contribution in [1.82, 2.24) is 24.9 Å². The van der Waals surface area contributed by atoms with Crippen LogP contribution in [0.15, 0.2) is 30.5 Å². The fourth-order valence-corrected chi connectivity index (χ4v) is 3.90. The Balaban J connectivity index is 1.64. The maximum atomic E-state index is 6.17. The topological polar surface area (TPSA) is 85.6 Å². The van der Waals surface area contributed by atoms with Crippen molar-refractivity contribution in [3.63, 3.8) is 0 Å². The minimum Gasteiger partial charge on any atom is -0.491 e. The van der Waals surface area contributed by atoms with Crippen molar-refractivity contribution in [2.24, 2.45) is 0 Å². The molecule has 0 amide bonds. The third kappa shape index (κ3) is 5.12. The van der Waals surface area contributed by atoms with E-state index in [1.165, 1.54) is 0 Å². The summed E-state index contributed by atoms with van der Waals surface area (Å²) < 4.78 is 13.8. The lowest BCUT2D eigenvalue weighted by Gasteiger charge is -2.23. The van der Waals surface area contributed by atoms with Gasteiger partial charge in [-0.1, -0.05) is 26.0 Å². The molecule has 4 rings (SSSR count). The number of nitrogens with one attached hydrogen (secondary N) is 2. The first-order valence-electron chi connectivity index (χ1n) is 11.6. The Morgan fingerprint density at radius 2 is 2.00 bits per heavy atom. The van der Waals surface area contributed by atoms with Crippen LogP contribution in [-0.2, 0) is 0 Å². The summed E-state index contributed by atoms with van der Waals surface area (Å²) in [6.45, 7) is 12.3. The van der Waals surface area contributed by atoms with Crippen molar-refractivity contribution in [3.05, 3.63) is 41.6 Å². The first kappa shape index (κ1) is 22.3. The lowest BCUT2D eigenvalue weighted by Crippen LogP contribution is -2.37. The summed E-state index contributed by atoms with van der Waals surface area (Å²) in [4.78, 5) is 9.42. The first-order chi connectivity index (χ1) is 15.4. The smallest absolute Gasteiger partial charge is 0.322 e. The molecule has 1 aliphatic rings. The van der Waals surface area contributed by atoms with Gasteiger partial charge in [0.25, 0.3) is 0 Å². The summed E-state index contributed by atoms with van der Waals surface area (Å²) in [5.41, 5.74) is 2.95. The van der Waals surface area contributed by atoms with Crippen LogP contribution in [0.25, 0.3) is 5.65 Å². The quantitative estimate of drug-likeness (QED) is 0.541. The fourth-order valence-electron chi connectivity index (χ4n) is 3.90. The number of hydrogen-bond acceptors (Lipinski definition) is 7. The van der Waals surface area contributed by atoms with Gasteiger partial charge < -0.3 is 20.1 Å². The molecule has 0 radical (unpaired) electrons. The molecule has 2 atom stereocenters. The molecule has 1 saturated heterocycles. The van der Waals surface area contributed by atoms with Crippen molar-refractivity contribution >= 4 is 11.6 Å². The van der Waals surface area contributed by atoms with E-state index < -0.39 is 0 Å². The van der Waals surface area contributed by atoms with E-state index in [9.17, 15) is 0 Å². The summed E-state index contributed by atoms with van der Waals surface area (Å²) in [6, 6.07) is 8.50. The molecule has 2 N–H and O–H groups in total. The predicted octanol–water partition coefficient (Wildman–Crippen LogP) is 4.34. The molecule has 3 heterocycles. The number of rotatable bonds is 8.